The van der Waals surface area contributed by atoms with Crippen LogP contribution in [-0.4, -0.2) is 16.3 Å². The number of carbonyl (C=O) groups excluding carboxylic acids is 1. The minimum atomic E-state index is -1.21. The number of fused-ring (bicyclic) bond motifs is 2. The topological polar surface area (TPSA) is 62.1 Å². The number of hydrogen-bond acceptors (Lipinski definition) is 5. The van der Waals surface area contributed by atoms with E-state index < -0.39 is 12.0 Å². The van der Waals surface area contributed by atoms with E-state index in [-0.39, 0.29) is 24.4 Å². The van der Waals surface area contributed by atoms with Crippen LogP contribution < -0.4 is 29.5 Å². The van der Waals surface area contributed by atoms with Gasteiger partial charge in [-0.2, -0.15) is 0 Å². The maximum absolute atomic E-state index is 12.9. The van der Waals surface area contributed by atoms with Crippen LogP contribution in [0.15, 0.2) is 75.9 Å². The number of benzene rings is 2. The second-order valence-electron chi connectivity index (χ2n) is 7.00. The van der Waals surface area contributed by atoms with Crippen molar-refractivity contribution < 1.29 is 28.8 Å². The number of pyridine rings is 1. The van der Waals surface area contributed by atoms with Gasteiger partial charge in [0.05, 0.1) is 17.0 Å². The van der Waals surface area contributed by atoms with Crippen LogP contribution in [0.1, 0.15) is 17.2 Å². The summed E-state index contributed by atoms with van der Waals surface area (Å²) in [6, 6.07) is 19.1. The summed E-state index contributed by atoms with van der Waals surface area (Å²) < 4.78 is 1.39. The van der Waals surface area contributed by atoms with Crippen LogP contribution >= 0.6 is 23.1 Å². The van der Waals surface area contributed by atoms with Crippen molar-refractivity contribution in [3.05, 3.63) is 87.5 Å². The van der Waals surface area contributed by atoms with Gasteiger partial charge in [-0.25, -0.2) is 0 Å². The molecule has 4 aromatic rings. The first-order chi connectivity index (χ1) is 14.1. The van der Waals surface area contributed by atoms with E-state index in [4.69, 9.17) is 0 Å². The zero-order valence-corrected chi connectivity index (χ0v) is 18.0. The first-order valence-corrected chi connectivity index (χ1v) is 11.1. The average molecular weight is 425 g/mol. The number of nitrogens with zero attached hydrogens (tertiary/aromatic N) is 1. The fourth-order valence-corrected chi connectivity index (χ4v) is 6.18. The molecule has 0 saturated heterocycles. The molecule has 0 spiro atoms. The van der Waals surface area contributed by atoms with E-state index >= 15 is 0 Å². The Hall–Kier alpha value is -2.23. The van der Waals surface area contributed by atoms with Gasteiger partial charge in [0.1, 0.15) is 0 Å². The number of rotatable bonds is 4. The van der Waals surface area contributed by atoms with Gasteiger partial charge in [-0.15, -0.1) is 23.1 Å². The minimum Gasteiger partial charge on any atom is -0.548 e. The van der Waals surface area contributed by atoms with E-state index in [0.717, 1.165) is 37.4 Å². The summed E-state index contributed by atoms with van der Waals surface area (Å²) in [5.41, 5.74) is 2.74. The van der Waals surface area contributed by atoms with Crippen LogP contribution in [0.25, 0.3) is 21.2 Å². The van der Waals surface area contributed by atoms with Crippen LogP contribution in [0, 0.1) is 0 Å². The molecule has 5 rings (SSSR count). The summed E-state index contributed by atoms with van der Waals surface area (Å²) in [6.45, 7) is 0. The molecule has 7 heteroatoms. The molecule has 30 heavy (non-hydrogen) atoms. The average Bonchev–Trinajstić information content (AvgIpc) is 3.39. The molecule has 0 fully saturated rings. The Kier molecular flexibility index (Phi) is 5.94. The Morgan fingerprint density at radius 3 is 2.63 bits per heavy atom. The molecule has 1 aliphatic heterocycles. The molecule has 2 aromatic carbocycles. The van der Waals surface area contributed by atoms with E-state index in [1.54, 1.807) is 17.4 Å². The van der Waals surface area contributed by atoms with Gasteiger partial charge in [-0.3, -0.25) is 9.36 Å². The minimum absolute atomic E-state index is 0. The van der Waals surface area contributed by atoms with Crippen molar-refractivity contribution in [1.29, 1.82) is 0 Å². The summed E-state index contributed by atoms with van der Waals surface area (Å²) in [7, 11) is 0. The molecule has 0 bridgehead atoms. The Morgan fingerprint density at radius 2 is 1.87 bits per heavy atom. The number of hydrogen-bond donors (Lipinski definition) is 0. The molecule has 0 N–H and O–H groups in total. The van der Waals surface area contributed by atoms with Crippen LogP contribution in [-0.2, 0) is 11.2 Å². The van der Waals surface area contributed by atoms with Gasteiger partial charge in [0, 0.05) is 22.3 Å². The van der Waals surface area contributed by atoms with Gasteiger partial charge in [-0.1, -0.05) is 48.5 Å². The normalized spacial score (nSPS) is 15.0. The maximum Gasteiger partial charge on any atom is 1.00 e. The zero-order chi connectivity index (χ0) is 20.0. The number of thiophene rings is 1. The summed E-state index contributed by atoms with van der Waals surface area (Å²) in [5.74, 6) is -0.898. The number of carbonyl (C=O) groups is 1. The number of carboxylic acids is 1. The van der Waals surface area contributed by atoms with Gasteiger partial charge < -0.3 is 9.90 Å². The molecule has 2 aromatic heterocycles. The molecule has 3 heterocycles. The van der Waals surface area contributed by atoms with E-state index in [1.807, 2.05) is 35.7 Å². The summed E-state index contributed by atoms with van der Waals surface area (Å²) in [4.78, 5) is 25.5. The second-order valence-corrected chi connectivity index (χ2v) is 8.95. The quantitative estimate of drug-likeness (QED) is 0.452. The third kappa shape index (κ3) is 3.55. The van der Waals surface area contributed by atoms with E-state index in [1.165, 1.54) is 16.3 Å². The summed E-state index contributed by atoms with van der Waals surface area (Å²) in [6.07, 6.45) is 0.605. The van der Waals surface area contributed by atoms with Crippen molar-refractivity contribution in [2.24, 2.45) is 0 Å². The molecule has 0 amide bonds. The third-order valence-electron chi connectivity index (χ3n) is 5.28. The van der Waals surface area contributed by atoms with Crippen molar-refractivity contribution in [2.75, 3.05) is 5.75 Å². The van der Waals surface area contributed by atoms with Crippen LogP contribution in [0.5, 0.6) is 0 Å². The fraction of sp³-hybridized carbons (Fsp3) is 0.130. The van der Waals surface area contributed by atoms with Gasteiger partial charge in [0.15, 0.2) is 0 Å². The molecule has 4 nitrogen and oxygen atoms in total. The number of thioether (sulfide) groups is 1. The SMILES string of the molecule is O=C([O-])[C@@H]1CSc2c(-c3cccs3)c(Cc3cccc4ccccc34)cc(=O)n21.[Li+]. The molecule has 1 atom stereocenters. The largest absolute Gasteiger partial charge is 1.00 e. The Bertz CT molecular complexity index is 1290. The monoisotopic (exact) mass is 425 g/mol. The molecular weight excluding hydrogens is 409 g/mol. The smallest absolute Gasteiger partial charge is 0.548 e. The fourth-order valence-electron chi connectivity index (χ4n) is 3.97. The predicted octanol–water partition coefficient (Wildman–Crippen LogP) is 0.721. The number of aliphatic carboxylic acids is 1. The van der Waals surface area contributed by atoms with Crippen molar-refractivity contribution in [3.63, 3.8) is 0 Å². The van der Waals surface area contributed by atoms with Crippen molar-refractivity contribution >= 4 is 39.8 Å². The standard InChI is InChI=1S/C23H17NO3S2.Li/c25-20-12-16(11-15-7-3-6-14-5-1-2-8-17(14)15)21(19-9-4-10-28-19)22-24(20)18(13-29-22)23(26)27;/h1-10,12,18H,11,13H2,(H,26,27);/q;+1/p-1/t18-;/m0./s1. The molecule has 0 radical (unpaired) electrons. The molecular formula is C23H16LiNO3S2. The Labute approximate surface area is 193 Å². The molecule has 0 unspecified atom stereocenters. The number of aromatic nitrogens is 1. The first-order valence-electron chi connectivity index (χ1n) is 9.26. The molecule has 1 aliphatic rings. The number of carboxylic acid groups (broad SMARTS) is 1. The second kappa shape index (κ2) is 8.48. The summed E-state index contributed by atoms with van der Waals surface area (Å²) >= 11 is 3.01. The first kappa shape index (κ1) is 21.0. The van der Waals surface area contributed by atoms with Gasteiger partial charge in [0.2, 0.25) is 0 Å². The molecule has 0 saturated carbocycles. The maximum atomic E-state index is 12.9. The van der Waals surface area contributed by atoms with Crippen molar-refractivity contribution in [3.8, 4) is 10.4 Å². The molecule has 144 valence electrons. The Balaban J connectivity index is 0.00000218. The predicted molar refractivity (Wildman–Crippen MR) is 116 cm³/mol. The third-order valence-corrected chi connectivity index (χ3v) is 7.32. The van der Waals surface area contributed by atoms with E-state index in [9.17, 15) is 14.7 Å². The van der Waals surface area contributed by atoms with Gasteiger partial charge in [0.25, 0.3) is 5.56 Å². The van der Waals surface area contributed by atoms with Crippen LogP contribution in [0.4, 0.5) is 0 Å². The zero-order valence-electron chi connectivity index (χ0n) is 16.3. The van der Waals surface area contributed by atoms with Gasteiger partial charge in [-0.05, 0) is 39.8 Å². The van der Waals surface area contributed by atoms with Crippen LogP contribution in [0.3, 0.4) is 0 Å². The molecule has 0 aliphatic carbocycles. The van der Waals surface area contributed by atoms with E-state index in [0.29, 0.717) is 12.2 Å². The van der Waals surface area contributed by atoms with E-state index in [2.05, 4.69) is 24.3 Å². The van der Waals surface area contributed by atoms with Crippen LogP contribution in [0.2, 0.25) is 0 Å². The summed E-state index contributed by atoms with van der Waals surface area (Å²) in [5, 5.41) is 16.6. The van der Waals surface area contributed by atoms with Gasteiger partial charge >= 0.3 is 18.9 Å². The van der Waals surface area contributed by atoms with Crippen molar-refractivity contribution in [1.82, 2.24) is 4.57 Å². The van der Waals surface area contributed by atoms with Crippen molar-refractivity contribution in [2.45, 2.75) is 17.5 Å². The Morgan fingerprint density at radius 1 is 1.07 bits per heavy atom.